The van der Waals surface area contributed by atoms with Gasteiger partial charge in [0.25, 0.3) is 6.71 Å². The monoisotopic (exact) mass is 938 g/mol. The van der Waals surface area contributed by atoms with Crippen molar-refractivity contribution in [2.45, 2.75) is 199 Å². The Morgan fingerprint density at radius 2 is 1.01 bits per heavy atom. The summed E-state index contributed by atoms with van der Waals surface area (Å²) in [6.07, 6.45) is 9.59. The Morgan fingerprint density at radius 1 is 0.423 bits per heavy atom. The molecule has 4 heterocycles. The molecule has 3 nitrogen and oxygen atoms in total. The van der Waals surface area contributed by atoms with E-state index in [0.29, 0.717) is 0 Å². The molecule has 366 valence electrons. The Balaban J connectivity index is 1.24. The zero-order valence-electron chi connectivity index (χ0n) is 46.0. The summed E-state index contributed by atoms with van der Waals surface area (Å²) in [5, 5.41) is 0. The molecule has 4 unspecified atom stereocenters. The molecule has 2 fully saturated rings. The molecule has 0 N–H and O–H groups in total. The van der Waals surface area contributed by atoms with Gasteiger partial charge in [-0.3, -0.25) is 0 Å². The standard InChI is InChI=1S/C67H80BN3/c1-60(2,3)44-26-23-27-48(36-44)69-55-40-46(62(7,8)9)28-30-52(55)68-53-39-47(63(10,11)12)38-51-59(53)71(65(14)33-20-19-32-64(51,65)13)57-42-49(41-56(69)58(57)68)70-54-31-29-45(61(4,5)6)37-50(54)67(43-24-17-16-18-25-43)35-22-21-34-66(67,70)15/h16-18,23-31,36-42H,19-22,32-35H2,1-15H3. The Kier molecular flexibility index (Phi) is 9.86. The summed E-state index contributed by atoms with van der Waals surface area (Å²) in [6.45, 7) is 36.7. The molecule has 0 aromatic heterocycles. The van der Waals surface area contributed by atoms with Crippen LogP contribution in [-0.2, 0) is 32.5 Å². The van der Waals surface area contributed by atoms with Gasteiger partial charge in [-0.05, 0) is 153 Å². The summed E-state index contributed by atoms with van der Waals surface area (Å²) in [7, 11) is 0. The van der Waals surface area contributed by atoms with Gasteiger partial charge in [-0.15, -0.1) is 0 Å². The smallest absolute Gasteiger partial charge is 0.252 e. The summed E-state index contributed by atoms with van der Waals surface area (Å²) in [4.78, 5) is 8.59. The summed E-state index contributed by atoms with van der Waals surface area (Å²) < 4.78 is 0. The van der Waals surface area contributed by atoms with E-state index in [9.17, 15) is 0 Å². The molecular formula is C67H80BN3. The van der Waals surface area contributed by atoms with E-state index in [1.165, 1.54) is 128 Å². The third-order valence-corrected chi connectivity index (χ3v) is 19.7. The molecule has 0 bridgehead atoms. The Morgan fingerprint density at radius 3 is 1.70 bits per heavy atom. The van der Waals surface area contributed by atoms with Crippen LogP contribution in [0.4, 0.5) is 39.8 Å². The lowest BCUT2D eigenvalue weighted by molar-refractivity contribution is 0.195. The lowest BCUT2D eigenvalue weighted by Crippen LogP contribution is -2.64. The van der Waals surface area contributed by atoms with E-state index in [1.54, 1.807) is 5.56 Å². The van der Waals surface area contributed by atoms with Gasteiger partial charge in [0.05, 0.1) is 11.1 Å². The number of rotatable bonds is 3. The van der Waals surface area contributed by atoms with Crippen LogP contribution in [0.25, 0.3) is 0 Å². The third-order valence-electron chi connectivity index (χ3n) is 19.7. The van der Waals surface area contributed by atoms with Crippen LogP contribution in [0.1, 0.15) is 194 Å². The lowest BCUT2D eigenvalue weighted by atomic mass is 9.33. The number of anilines is 7. The van der Waals surface area contributed by atoms with Gasteiger partial charge in [0.1, 0.15) is 0 Å². The van der Waals surface area contributed by atoms with Crippen LogP contribution in [0.2, 0.25) is 0 Å². The van der Waals surface area contributed by atoms with Gasteiger partial charge in [-0.2, -0.15) is 0 Å². The van der Waals surface area contributed by atoms with Crippen molar-refractivity contribution >= 4 is 62.9 Å². The van der Waals surface area contributed by atoms with Gasteiger partial charge in [0, 0.05) is 50.6 Å². The molecule has 6 aliphatic rings. The Bertz CT molecular complexity index is 3170. The molecule has 2 aliphatic carbocycles. The van der Waals surface area contributed by atoms with Crippen molar-refractivity contribution in [3.63, 3.8) is 0 Å². The molecule has 12 rings (SSSR count). The van der Waals surface area contributed by atoms with E-state index in [4.69, 9.17) is 0 Å². The van der Waals surface area contributed by atoms with E-state index < -0.39 is 0 Å². The summed E-state index contributed by atoms with van der Waals surface area (Å²) >= 11 is 0. The minimum Gasteiger partial charge on any atom is -0.335 e. The summed E-state index contributed by atoms with van der Waals surface area (Å²) in [6, 6.07) is 47.2. The quantitative estimate of drug-likeness (QED) is 0.164. The van der Waals surface area contributed by atoms with Gasteiger partial charge in [-0.1, -0.05) is 195 Å². The fourth-order valence-corrected chi connectivity index (χ4v) is 15.4. The van der Waals surface area contributed by atoms with Crippen LogP contribution >= 0.6 is 0 Å². The van der Waals surface area contributed by atoms with Crippen LogP contribution in [0, 0.1) is 0 Å². The molecule has 2 saturated carbocycles. The minimum absolute atomic E-state index is 0.00292. The highest BCUT2D eigenvalue weighted by Crippen LogP contribution is 2.66. The van der Waals surface area contributed by atoms with E-state index >= 15 is 0 Å². The van der Waals surface area contributed by atoms with E-state index in [2.05, 4.69) is 234 Å². The highest BCUT2D eigenvalue weighted by Gasteiger charge is 2.64. The molecule has 0 amide bonds. The van der Waals surface area contributed by atoms with E-state index in [-0.39, 0.29) is 50.3 Å². The van der Waals surface area contributed by atoms with Crippen molar-refractivity contribution in [3.8, 4) is 0 Å². The highest BCUT2D eigenvalue weighted by atomic mass is 15.3. The molecule has 4 atom stereocenters. The van der Waals surface area contributed by atoms with Crippen LogP contribution in [0.3, 0.4) is 0 Å². The molecule has 71 heavy (non-hydrogen) atoms. The zero-order chi connectivity index (χ0) is 50.2. The largest absolute Gasteiger partial charge is 0.335 e. The molecule has 4 heteroatoms. The maximum absolute atomic E-state index is 2.97. The second kappa shape index (κ2) is 14.9. The predicted octanol–water partition coefficient (Wildman–Crippen LogP) is 16.0. The van der Waals surface area contributed by atoms with Gasteiger partial charge >= 0.3 is 0 Å². The van der Waals surface area contributed by atoms with E-state index in [1.807, 2.05) is 0 Å². The first-order valence-electron chi connectivity index (χ1n) is 27.6. The molecule has 0 radical (unpaired) electrons. The lowest BCUT2D eigenvalue weighted by Gasteiger charge is -2.54. The van der Waals surface area contributed by atoms with Gasteiger partial charge in [-0.25, -0.2) is 0 Å². The number of hydrogen-bond acceptors (Lipinski definition) is 3. The molecule has 0 saturated heterocycles. The SMILES string of the molecule is CC(C)(C)c1cccc(N2c3cc(C(C)(C)C)ccc3B3c4cc(C(C)(C)C)cc5c4N(c4cc(N6c7ccc(C(C)(C)C)cc7C7(c8ccccc8)CCCCC67C)cc2c43)C2(C)CCCCC52C)c1. The van der Waals surface area contributed by atoms with Crippen molar-refractivity contribution in [3.05, 3.63) is 154 Å². The van der Waals surface area contributed by atoms with Gasteiger partial charge in [0.2, 0.25) is 0 Å². The van der Waals surface area contributed by atoms with Crippen molar-refractivity contribution in [2.24, 2.45) is 0 Å². The van der Waals surface area contributed by atoms with Crippen LogP contribution in [-0.4, -0.2) is 17.8 Å². The number of nitrogens with zero attached hydrogens (tertiary/aromatic N) is 3. The minimum atomic E-state index is -0.220. The Hall–Kier alpha value is -5.22. The zero-order valence-corrected chi connectivity index (χ0v) is 46.0. The van der Waals surface area contributed by atoms with Crippen LogP contribution < -0.4 is 31.1 Å². The molecule has 0 spiro atoms. The van der Waals surface area contributed by atoms with Crippen molar-refractivity contribution in [1.82, 2.24) is 0 Å². The number of benzene rings is 6. The van der Waals surface area contributed by atoms with Crippen LogP contribution in [0.5, 0.6) is 0 Å². The third kappa shape index (κ3) is 6.33. The predicted molar refractivity (Wildman–Crippen MR) is 306 cm³/mol. The molecule has 6 aromatic rings. The second-order valence-electron chi connectivity index (χ2n) is 27.9. The molecule has 4 aliphatic heterocycles. The van der Waals surface area contributed by atoms with Gasteiger partial charge < -0.3 is 14.7 Å². The first-order valence-corrected chi connectivity index (χ1v) is 27.6. The second-order valence-corrected chi connectivity index (χ2v) is 27.9. The first-order chi connectivity index (χ1) is 33.3. The summed E-state index contributed by atoms with van der Waals surface area (Å²) in [5.41, 5.74) is 23.5. The fourth-order valence-electron chi connectivity index (χ4n) is 15.4. The van der Waals surface area contributed by atoms with Gasteiger partial charge in [0.15, 0.2) is 0 Å². The maximum Gasteiger partial charge on any atom is 0.252 e. The average Bonchev–Trinajstić information content (AvgIpc) is 3.68. The molecule has 6 aromatic carbocycles. The van der Waals surface area contributed by atoms with Crippen molar-refractivity contribution in [1.29, 1.82) is 0 Å². The first kappa shape index (κ1) is 46.8. The van der Waals surface area contributed by atoms with Crippen LogP contribution in [0.15, 0.2) is 115 Å². The fraction of sp³-hybridized carbons (Fsp3) is 0.463. The molecular weight excluding hydrogens is 858 g/mol. The normalized spacial score (nSPS) is 25.3. The van der Waals surface area contributed by atoms with E-state index in [0.717, 1.165) is 12.8 Å². The van der Waals surface area contributed by atoms with Crippen molar-refractivity contribution < 1.29 is 0 Å². The van der Waals surface area contributed by atoms with Crippen molar-refractivity contribution in [2.75, 3.05) is 14.7 Å². The maximum atomic E-state index is 2.97. The topological polar surface area (TPSA) is 9.72 Å². The highest BCUT2D eigenvalue weighted by molar-refractivity contribution is 7.00. The Labute approximate surface area is 428 Å². The summed E-state index contributed by atoms with van der Waals surface area (Å²) in [5.74, 6) is 0. The average molecular weight is 938 g/mol. The number of fused-ring (bicyclic) bond motifs is 10. The number of hydrogen-bond donors (Lipinski definition) is 0.